The first kappa shape index (κ1) is 18.9. The zero-order valence-corrected chi connectivity index (χ0v) is 15.9. The standard InChI is InChI=1S/C20H16ClNO4S/c1-26-16-8-4-12(5-9-16)19(22-25)17-10-14(11-18(23)24)20(27-17)13-2-6-15(21)7-3-13/h2-10,25H,11H2,1H3,(H,23,24)/b22-19+. The molecule has 0 aliphatic heterocycles. The highest BCUT2D eigenvalue weighted by molar-refractivity contribution is 7.17. The van der Waals surface area contributed by atoms with Crippen LogP contribution in [0.5, 0.6) is 5.75 Å². The fourth-order valence-corrected chi connectivity index (χ4v) is 4.00. The number of halogens is 1. The van der Waals surface area contributed by atoms with Crippen molar-refractivity contribution in [2.45, 2.75) is 6.42 Å². The molecule has 0 aliphatic rings. The van der Waals surface area contributed by atoms with Crippen LogP contribution in [-0.4, -0.2) is 29.1 Å². The normalized spacial score (nSPS) is 11.4. The van der Waals surface area contributed by atoms with Crippen LogP contribution in [0.4, 0.5) is 0 Å². The maximum atomic E-state index is 11.3. The molecule has 138 valence electrons. The summed E-state index contributed by atoms with van der Waals surface area (Å²) in [4.78, 5) is 12.8. The SMILES string of the molecule is COc1ccc(/C(=N\O)c2cc(CC(=O)O)c(-c3ccc(Cl)cc3)s2)cc1. The molecule has 0 radical (unpaired) electrons. The third kappa shape index (κ3) is 4.30. The van der Waals surface area contributed by atoms with E-state index >= 15 is 0 Å². The summed E-state index contributed by atoms with van der Waals surface area (Å²) in [5, 5.41) is 22.9. The second-order valence-electron chi connectivity index (χ2n) is 5.72. The van der Waals surface area contributed by atoms with E-state index in [9.17, 15) is 15.1 Å². The fourth-order valence-electron chi connectivity index (χ4n) is 2.68. The Kier molecular flexibility index (Phi) is 5.78. The summed E-state index contributed by atoms with van der Waals surface area (Å²) in [7, 11) is 1.58. The van der Waals surface area contributed by atoms with Gasteiger partial charge < -0.3 is 15.1 Å². The van der Waals surface area contributed by atoms with Gasteiger partial charge in [-0.25, -0.2) is 0 Å². The van der Waals surface area contributed by atoms with E-state index in [0.717, 1.165) is 10.4 Å². The first-order valence-electron chi connectivity index (χ1n) is 7.99. The van der Waals surface area contributed by atoms with Crippen LogP contribution in [0, 0.1) is 0 Å². The van der Waals surface area contributed by atoms with Crippen LogP contribution in [0.15, 0.2) is 59.8 Å². The molecular weight excluding hydrogens is 386 g/mol. The van der Waals surface area contributed by atoms with Crippen molar-refractivity contribution < 1.29 is 19.8 Å². The van der Waals surface area contributed by atoms with Crippen molar-refractivity contribution in [1.82, 2.24) is 0 Å². The molecule has 0 unspecified atom stereocenters. The zero-order valence-electron chi connectivity index (χ0n) is 14.3. The molecule has 0 bridgehead atoms. The van der Waals surface area contributed by atoms with Gasteiger partial charge in [0.15, 0.2) is 0 Å². The number of carbonyl (C=O) groups is 1. The Morgan fingerprint density at radius 3 is 2.37 bits per heavy atom. The van der Waals surface area contributed by atoms with Crippen LogP contribution in [0.3, 0.4) is 0 Å². The Labute approximate surface area is 165 Å². The van der Waals surface area contributed by atoms with E-state index in [4.69, 9.17) is 16.3 Å². The van der Waals surface area contributed by atoms with Gasteiger partial charge in [-0.05, 0) is 53.6 Å². The second-order valence-corrected chi connectivity index (χ2v) is 7.21. The van der Waals surface area contributed by atoms with Crippen molar-refractivity contribution in [3.8, 4) is 16.2 Å². The van der Waals surface area contributed by atoms with Gasteiger partial charge in [-0.3, -0.25) is 4.79 Å². The molecule has 0 saturated carbocycles. The van der Waals surface area contributed by atoms with Crippen LogP contribution in [0.1, 0.15) is 16.0 Å². The maximum absolute atomic E-state index is 11.3. The summed E-state index contributed by atoms with van der Waals surface area (Å²) in [5.74, 6) is -0.239. The number of rotatable bonds is 6. The van der Waals surface area contributed by atoms with E-state index in [0.29, 0.717) is 32.5 Å². The molecular formula is C20H16ClNO4S. The molecule has 0 amide bonds. The quantitative estimate of drug-likeness (QED) is 0.348. The van der Waals surface area contributed by atoms with E-state index in [-0.39, 0.29) is 6.42 Å². The summed E-state index contributed by atoms with van der Waals surface area (Å²) in [6, 6.07) is 16.1. The summed E-state index contributed by atoms with van der Waals surface area (Å²) < 4.78 is 5.15. The summed E-state index contributed by atoms with van der Waals surface area (Å²) in [6.07, 6.45) is -0.129. The van der Waals surface area contributed by atoms with Gasteiger partial charge in [0.2, 0.25) is 0 Å². The number of hydrogen-bond donors (Lipinski definition) is 2. The molecule has 2 N–H and O–H groups in total. The summed E-state index contributed by atoms with van der Waals surface area (Å²) in [6.45, 7) is 0. The van der Waals surface area contributed by atoms with E-state index in [2.05, 4.69) is 5.16 Å². The molecule has 1 aromatic heterocycles. The van der Waals surface area contributed by atoms with Crippen LogP contribution in [0.2, 0.25) is 5.02 Å². The Morgan fingerprint density at radius 2 is 1.81 bits per heavy atom. The third-order valence-electron chi connectivity index (χ3n) is 3.95. The van der Waals surface area contributed by atoms with E-state index in [1.165, 1.54) is 11.3 Å². The van der Waals surface area contributed by atoms with Crippen LogP contribution in [-0.2, 0) is 11.2 Å². The Morgan fingerprint density at radius 1 is 1.15 bits per heavy atom. The first-order valence-corrected chi connectivity index (χ1v) is 9.18. The molecule has 3 rings (SSSR count). The Bertz CT molecular complexity index is 978. The number of oxime groups is 1. The van der Waals surface area contributed by atoms with Crippen molar-refractivity contribution in [3.05, 3.63) is 75.6 Å². The molecule has 0 aliphatic carbocycles. The van der Waals surface area contributed by atoms with Crippen LogP contribution >= 0.6 is 22.9 Å². The number of carboxylic acid groups (broad SMARTS) is 1. The largest absolute Gasteiger partial charge is 0.497 e. The Balaban J connectivity index is 2.06. The molecule has 2 aromatic carbocycles. The molecule has 0 spiro atoms. The number of methoxy groups -OCH3 is 1. The van der Waals surface area contributed by atoms with Crippen molar-refractivity contribution in [2.75, 3.05) is 7.11 Å². The van der Waals surface area contributed by atoms with Gasteiger partial charge in [-0.15, -0.1) is 11.3 Å². The number of ether oxygens (including phenoxy) is 1. The van der Waals surface area contributed by atoms with Gasteiger partial charge >= 0.3 is 5.97 Å². The molecule has 7 heteroatoms. The molecule has 0 saturated heterocycles. The minimum atomic E-state index is -0.929. The molecule has 0 atom stereocenters. The number of hydrogen-bond acceptors (Lipinski definition) is 5. The predicted octanol–water partition coefficient (Wildman–Crippen LogP) is 4.93. The maximum Gasteiger partial charge on any atom is 0.307 e. The van der Waals surface area contributed by atoms with Gasteiger partial charge in [0.05, 0.1) is 18.4 Å². The van der Waals surface area contributed by atoms with E-state index in [1.807, 2.05) is 12.1 Å². The van der Waals surface area contributed by atoms with Crippen molar-refractivity contribution >= 4 is 34.6 Å². The fraction of sp³-hybridized carbons (Fsp3) is 0.100. The molecule has 5 nitrogen and oxygen atoms in total. The average molecular weight is 402 g/mol. The Hall–Kier alpha value is -2.83. The lowest BCUT2D eigenvalue weighted by Gasteiger charge is -2.04. The first-order chi connectivity index (χ1) is 13.0. The van der Waals surface area contributed by atoms with E-state index in [1.54, 1.807) is 49.6 Å². The van der Waals surface area contributed by atoms with Crippen molar-refractivity contribution in [2.24, 2.45) is 5.16 Å². The molecule has 27 heavy (non-hydrogen) atoms. The summed E-state index contributed by atoms with van der Waals surface area (Å²) >= 11 is 7.32. The number of aliphatic carboxylic acids is 1. The van der Waals surface area contributed by atoms with Gasteiger partial charge in [0.25, 0.3) is 0 Å². The molecule has 3 aromatic rings. The zero-order chi connectivity index (χ0) is 19.4. The predicted molar refractivity (Wildman–Crippen MR) is 107 cm³/mol. The minimum Gasteiger partial charge on any atom is -0.497 e. The van der Waals surface area contributed by atoms with Gasteiger partial charge in [-0.2, -0.15) is 0 Å². The number of thiophene rings is 1. The van der Waals surface area contributed by atoms with Gasteiger partial charge in [-0.1, -0.05) is 28.9 Å². The highest BCUT2D eigenvalue weighted by Crippen LogP contribution is 2.35. The monoisotopic (exact) mass is 401 g/mol. The van der Waals surface area contributed by atoms with Gasteiger partial charge in [0, 0.05) is 15.5 Å². The van der Waals surface area contributed by atoms with Crippen LogP contribution in [0.25, 0.3) is 10.4 Å². The number of nitrogens with zero attached hydrogens (tertiary/aromatic N) is 1. The smallest absolute Gasteiger partial charge is 0.307 e. The van der Waals surface area contributed by atoms with Crippen molar-refractivity contribution in [1.29, 1.82) is 0 Å². The van der Waals surface area contributed by atoms with Crippen LogP contribution < -0.4 is 4.74 Å². The lowest BCUT2D eigenvalue weighted by molar-refractivity contribution is -0.136. The lowest BCUT2D eigenvalue weighted by Crippen LogP contribution is -2.02. The lowest BCUT2D eigenvalue weighted by atomic mass is 10.0. The third-order valence-corrected chi connectivity index (χ3v) is 5.44. The number of carboxylic acids is 1. The highest BCUT2D eigenvalue weighted by Gasteiger charge is 2.18. The highest BCUT2D eigenvalue weighted by atomic mass is 35.5. The topological polar surface area (TPSA) is 79.1 Å². The number of benzene rings is 2. The molecule has 1 heterocycles. The second kappa shape index (κ2) is 8.24. The minimum absolute atomic E-state index is 0.129. The average Bonchev–Trinajstić information content (AvgIpc) is 3.06. The van der Waals surface area contributed by atoms with E-state index < -0.39 is 5.97 Å². The molecule has 0 fully saturated rings. The van der Waals surface area contributed by atoms with Crippen molar-refractivity contribution in [3.63, 3.8) is 0 Å². The summed E-state index contributed by atoms with van der Waals surface area (Å²) in [5.41, 5.74) is 2.58. The van der Waals surface area contributed by atoms with Gasteiger partial charge in [0.1, 0.15) is 11.5 Å².